The van der Waals surface area contributed by atoms with Crippen molar-refractivity contribution in [2.45, 2.75) is 37.8 Å². The topological polar surface area (TPSA) is 73.1 Å². The van der Waals surface area contributed by atoms with Crippen molar-refractivity contribution in [3.8, 4) is 16.9 Å². The van der Waals surface area contributed by atoms with Gasteiger partial charge >= 0.3 is 0 Å². The van der Waals surface area contributed by atoms with Gasteiger partial charge in [0.25, 0.3) is 0 Å². The number of hydrogen-bond donors (Lipinski definition) is 2. The number of rotatable bonds is 4. The Kier molecular flexibility index (Phi) is 5.14. The molecule has 27 heavy (non-hydrogen) atoms. The van der Waals surface area contributed by atoms with Crippen LogP contribution in [-0.2, 0) is 0 Å². The molecule has 0 radical (unpaired) electrons. The van der Waals surface area contributed by atoms with Crippen molar-refractivity contribution in [1.82, 2.24) is 9.97 Å². The number of aromatic nitrogens is 2. The number of hydrogen-bond acceptors (Lipinski definition) is 5. The third kappa shape index (κ3) is 3.84. The molecular formula is C21H23ClN4O. The van der Waals surface area contributed by atoms with Crippen LogP contribution in [-0.4, -0.2) is 29.2 Å². The molecule has 0 bridgehead atoms. The molecular weight excluding hydrogens is 360 g/mol. The molecule has 1 saturated carbocycles. The van der Waals surface area contributed by atoms with E-state index in [1.807, 2.05) is 42.6 Å². The molecule has 4 rings (SSSR count). The number of nitrogens with two attached hydrogens (primary N) is 1. The van der Waals surface area contributed by atoms with E-state index in [0.717, 1.165) is 53.5 Å². The fourth-order valence-corrected chi connectivity index (χ4v) is 3.87. The monoisotopic (exact) mass is 382 g/mol. The van der Waals surface area contributed by atoms with E-state index in [1.165, 1.54) is 0 Å². The number of anilines is 1. The minimum absolute atomic E-state index is 0.327. The van der Waals surface area contributed by atoms with Crippen LogP contribution in [0.2, 0.25) is 5.02 Å². The highest BCUT2D eigenvalue weighted by atomic mass is 35.5. The molecule has 140 valence electrons. The van der Waals surface area contributed by atoms with E-state index >= 15 is 0 Å². The summed E-state index contributed by atoms with van der Waals surface area (Å²) in [6.45, 7) is 0. The van der Waals surface area contributed by atoms with Gasteiger partial charge in [0.1, 0.15) is 5.75 Å². The summed E-state index contributed by atoms with van der Waals surface area (Å²) in [5.41, 5.74) is 8.69. The van der Waals surface area contributed by atoms with E-state index in [2.05, 4.69) is 15.3 Å². The van der Waals surface area contributed by atoms with Gasteiger partial charge in [0.2, 0.25) is 5.95 Å². The molecule has 1 fully saturated rings. The number of benzene rings is 2. The highest BCUT2D eigenvalue weighted by molar-refractivity contribution is 6.33. The molecule has 1 heterocycles. The number of nitrogens with zero attached hydrogens (tertiary/aromatic N) is 2. The van der Waals surface area contributed by atoms with Crippen molar-refractivity contribution in [1.29, 1.82) is 0 Å². The number of nitrogens with one attached hydrogen (secondary N) is 1. The fraction of sp³-hybridized carbons (Fsp3) is 0.333. The number of fused-ring (bicyclic) bond motifs is 1. The summed E-state index contributed by atoms with van der Waals surface area (Å²) in [6, 6.07) is 12.4. The minimum Gasteiger partial charge on any atom is -0.496 e. The average molecular weight is 383 g/mol. The molecule has 1 aromatic heterocycles. The van der Waals surface area contributed by atoms with Crippen LogP contribution in [0.4, 0.5) is 5.95 Å². The zero-order valence-electron chi connectivity index (χ0n) is 15.3. The maximum Gasteiger partial charge on any atom is 0.223 e. The molecule has 3 N–H and O–H groups in total. The first-order chi connectivity index (χ1) is 13.1. The first-order valence-corrected chi connectivity index (χ1v) is 9.63. The Bertz CT molecular complexity index is 954. The van der Waals surface area contributed by atoms with Gasteiger partial charge in [0, 0.05) is 45.9 Å². The van der Waals surface area contributed by atoms with E-state index in [9.17, 15) is 0 Å². The lowest BCUT2D eigenvalue weighted by molar-refractivity contribution is 0.410. The minimum atomic E-state index is 0.327. The molecule has 6 heteroatoms. The normalized spacial score (nSPS) is 19.8. The van der Waals surface area contributed by atoms with Crippen molar-refractivity contribution >= 4 is 28.5 Å². The van der Waals surface area contributed by atoms with E-state index < -0.39 is 0 Å². The Balaban J connectivity index is 1.67. The second kappa shape index (κ2) is 7.71. The van der Waals surface area contributed by atoms with Crippen LogP contribution in [0.25, 0.3) is 22.0 Å². The zero-order valence-corrected chi connectivity index (χ0v) is 16.0. The van der Waals surface area contributed by atoms with Crippen molar-refractivity contribution in [2.75, 3.05) is 12.4 Å². The first-order valence-electron chi connectivity index (χ1n) is 9.26. The van der Waals surface area contributed by atoms with E-state index in [0.29, 0.717) is 23.1 Å². The van der Waals surface area contributed by atoms with Gasteiger partial charge in [-0.3, -0.25) is 0 Å². The number of ether oxygens (including phenoxy) is 1. The van der Waals surface area contributed by atoms with Gasteiger partial charge in [-0.2, -0.15) is 0 Å². The maximum atomic E-state index is 6.38. The third-order valence-electron chi connectivity index (χ3n) is 5.17. The van der Waals surface area contributed by atoms with Gasteiger partial charge in [0.05, 0.1) is 12.6 Å². The molecule has 0 atom stereocenters. The van der Waals surface area contributed by atoms with E-state index in [4.69, 9.17) is 22.1 Å². The summed E-state index contributed by atoms with van der Waals surface area (Å²) in [5, 5.41) is 5.08. The standard InChI is InChI=1S/C21H23ClN4O/c1-27-20-11-19-13(10-17(20)16-4-2-3-5-18(16)22)12-24-21(26-19)25-15-8-6-14(23)7-9-15/h2-5,10-12,14-15H,6-9,23H2,1H3,(H,24,25,26)/t14-,15-. The largest absolute Gasteiger partial charge is 0.496 e. The molecule has 0 unspecified atom stereocenters. The average Bonchev–Trinajstić information content (AvgIpc) is 2.69. The predicted octanol–water partition coefficient (Wildman–Crippen LogP) is 4.64. The Morgan fingerprint density at radius 2 is 1.89 bits per heavy atom. The zero-order chi connectivity index (χ0) is 18.8. The fourth-order valence-electron chi connectivity index (χ4n) is 3.63. The maximum absolute atomic E-state index is 6.38. The summed E-state index contributed by atoms with van der Waals surface area (Å²) in [6.07, 6.45) is 6.04. The van der Waals surface area contributed by atoms with Gasteiger partial charge in [-0.05, 0) is 37.8 Å². The Labute approximate surface area is 163 Å². The molecule has 0 aliphatic heterocycles. The van der Waals surface area contributed by atoms with Crippen molar-refractivity contribution in [2.24, 2.45) is 5.73 Å². The molecule has 0 spiro atoms. The molecule has 1 aliphatic carbocycles. The van der Waals surface area contributed by atoms with Crippen LogP contribution in [0.3, 0.4) is 0 Å². The van der Waals surface area contributed by atoms with E-state index in [1.54, 1.807) is 7.11 Å². The number of halogens is 1. The Morgan fingerprint density at radius 1 is 1.11 bits per heavy atom. The lowest BCUT2D eigenvalue weighted by Crippen LogP contribution is -2.33. The summed E-state index contributed by atoms with van der Waals surface area (Å²) >= 11 is 6.38. The van der Waals surface area contributed by atoms with E-state index in [-0.39, 0.29) is 0 Å². The molecule has 3 aromatic rings. The highest BCUT2D eigenvalue weighted by Crippen LogP contribution is 2.37. The predicted molar refractivity (Wildman–Crippen MR) is 110 cm³/mol. The van der Waals surface area contributed by atoms with Crippen LogP contribution in [0.1, 0.15) is 25.7 Å². The van der Waals surface area contributed by atoms with Gasteiger partial charge in [-0.25, -0.2) is 9.97 Å². The molecule has 5 nitrogen and oxygen atoms in total. The summed E-state index contributed by atoms with van der Waals surface area (Å²) in [4.78, 5) is 9.19. The first kappa shape index (κ1) is 18.0. The van der Waals surface area contributed by atoms with Gasteiger partial charge in [-0.15, -0.1) is 0 Å². The van der Waals surface area contributed by atoms with Crippen LogP contribution in [0.15, 0.2) is 42.6 Å². The quantitative estimate of drug-likeness (QED) is 0.687. The summed E-state index contributed by atoms with van der Waals surface area (Å²) < 4.78 is 5.61. The van der Waals surface area contributed by atoms with Crippen LogP contribution < -0.4 is 15.8 Å². The Hall–Kier alpha value is -2.37. The van der Waals surface area contributed by atoms with Gasteiger partial charge < -0.3 is 15.8 Å². The SMILES string of the molecule is COc1cc2nc(N[C@H]3CC[C@H](N)CC3)ncc2cc1-c1ccccc1Cl. The Morgan fingerprint density at radius 3 is 2.63 bits per heavy atom. The summed E-state index contributed by atoms with van der Waals surface area (Å²) in [7, 11) is 1.66. The smallest absolute Gasteiger partial charge is 0.223 e. The van der Waals surface area contributed by atoms with Crippen molar-refractivity contribution in [3.63, 3.8) is 0 Å². The van der Waals surface area contributed by atoms with Crippen LogP contribution in [0, 0.1) is 0 Å². The summed E-state index contributed by atoms with van der Waals surface area (Å²) in [5.74, 6) is 1.39. The lowest BCUT2D eigenvalue weighted by Gasteiger charge is -2.26. The number of methoxy groups -OCH3 is 1. The van der Waals surface area contributed by atoms with Crippen molar-refractivity contribution < 1.29 is 4.74 Å². The molecule has 0 amide bonds. The van der Waals surface area contributed by atoms with Gasteiger partial charge in [0.15, 0.2) is 0 Å². The van der Waals surface area contributed by atoms with Crippen LogP contribution >= 0.6 is 11.6 Å². The third-order valence-corrected chi connectivity index (χ3v) is 5.50. The van der Waals surface area contributed by atoms with Crippen LogP contribution in [0.5, 0.6) is 5.75 Å². The molecule has 2 aromatic carbocycles. The molecule has 0 saturated heterocycles. The van der Waals surface area contributed by atoms with Crippen molar-refractivity contribution in [3.05, 3.63) is 47.6 Å². The molecule has 1 aliphatic rings. The van der Waals surface area contributed by atoms with Gasteiger partial charge in [-0.1, -0.05) is 29.8 Å². The second-order valence-electron chi connectivity index (χ2n) is 7.04. The highest BCUT2D eigenvalue weighted by Gasteiger charge is 2.19. The lowest BCUT2D eigenvalue weighted by atomic mass is 9.92. The second-order valence-corrected chi connectivity index (χ2v) is 7.45.